The summed E-state index contributed by atoms with van der Waals surface area (Å²) in [6.45, 7) is 3.97. The number of hydrogen-bond donors (Lipinski definition) is 1. The number of likely N-dealkylation sites (N-methyl/N-ethyl adjacent to an activating group) is 1. The molecule has 1 aromatic carbocycles. The fourth-order valence-electron chi connectivity index (χ4n) is 3.04. The van der Waals surface area contributed by atoms with E-state index >= 15 is 0 Å². The number of amides is 1. The van der Waals surface area contributed by atoms with Crippen molar-refractivity contribution in [2.75, 3.05) is 13.6 Å². The van der Waals surface area contributed by atoms with Crippen molar-refractivity contribution in [1.29, 1.82) is 0 Å². The highest BCUT2D eigenvalue weighted by Gasteiger charge is 2.37. The molecule has 2 bridgehead atoms. The first kappa shape index (κ1) is 13.1. The molecule has 0 spiro atoms. The Morgan fingerprint density at radius 1 is 1.35 bits per heavy atom. The van der Waals surface area contributed by atoms with Gasteiger partial charge in [-0.25, -0.2) is 0 Å². The van der Waals surface area contributed by atoms with Crippen LogP contribution in [0.2, 0.25) is 0 Å². The van der Waals surface area contributed by atoms with Crippen molar-refractivity contribution in [3.8, 4) is 5.75 Å². The van der Waals surface area contributed by atoms with Gasteiger partial charge in [-0.2, -0.15) is 0 Å². The molecule has 0 aromatic heterocycles. The fourth-order valence-corrected chi connectivity index (χ4v) is 3.04. The normalized spacial score (nSPS) is 24.4. The second-order valence-electron chi connectivity index (χ2n) is 5.59. The van der Waals surface area contributed by atoms with Crippen LogP contribution in [0.15, 0.2) is 12.1 Å². The minimum absolute atomic E-state index is 0.0672. The Balaban J connectivity index is 2.03. The second-order valence-corrected chi connectivity index (χ2v) is 5.59. The average molecular weight is 274 g/mol. The SMILES string of the molecule is CC(=O)Oc1cc2c(cc1C)C1CC(=O)N(C)CC2N1. The minimum Gasteiger partial charge on any atom is -0.426 e. The molecule has 2 atom stereocenters. The Hall–Kier alpha value is -1.88. The van der Waals surface area contributed by atoms with Gasteiger partial charge in [-0.3, -0.25) is 9.59 Å². The van der Waals surface area contributed by atoms with Gasteiger partial charge >= 0.3 is 5.97 Å². The van der Waals surface area contributed by atoms with Crippen molar-refractivity contribution >= 4 is 11.9 Å². The van der Waals surface area contributed by atoms with Gasteiger partial charge in [-0.15, -0.1) is 0 Å². The van der Waals surface area contributed by atoms with E-state index < -0.39 is 0 Å². The molecule has 2 aliphatic rings. The number of benzene rings is 1. The predicted molar refractivity (Wildman–Crippen MR) is 73.4 cm³/mol. The topological polar surface area (TPSA) is 58.6 Å². The van der Waals surface area contributed by atoms with Gasteiger partial charge in [0.2, 0.25) is 5.91 Å². The molecule has 0 aliphatic carbocycles. The van der Waals surface area contributed by atoms with Crippen LogP contribution in [0.25, 0.3) is 0 Å². The molecule has 2 unspecified atom stereocenters. The van der Waals surface area contributed by atoms with E-state index in [2.05, 4.69) is 5.32 Å². The second kappa shape index (κ2) is 4.59. The summed E-state index contributed by atoms with van der Waals surface area (Å²) in [7, 11) is 1.82. The van der Waals surface area contributed by atoms with Gasteiger partial charge in [0, 0.05) is 33.0 Å². The Morgan fingerprint density at radius 2 is 2.05 bits per heavy atom. The zero-order valence-corrected chi connectivity index (χ0v) is 11.9. The minimum atomic E-state index is -0.313. The Kier molecular flexibility index (Phi) is 3.01. The molecule has 2 aliphatic heterocycles. The Bertz CT molecular complexity index is 597. The number of fused-ring (bicyclic) bond motifs is 5. The number of ether oxygens (including phenoxy) is 1. The van der Waals surface area contributed by atoms with E-state index in [0.29, 0.717) is 18.7 Å². The van der Waals surface area contributed by atoms with Gasteiger partial charge < -0.3 is 15.0 Å². The van der Waals surface area contributed by atoms with Crippen molar-refractivity contribution in [1.82, 2.24) is 10.2 Å². The number of carbonyl (C=O) groups excluding carboxylic acids is 2. The molecule has 0 radical (unpaired) electrons. The summed E-state index contributed by atoms with van der Waals surface area (Å²) < 4.78 is 5.25. The van der Waals surface area contributed by atoms with E-state index in [4.69, 9.17) is 4.74 Å². The van der Waals surface area contributed by atoms with E-state index in [1.54, 1.807) is 4.90 Å². The molecule has 5 heteroatoms. The van der Waals surface area contributed by atoms with E-state index in [0.717, 1.165) is 16.7 Å². The number of nitrogens with zero attached hydrogens (tertiary/aromatic N) is 1. The molecule has 1 aromatic rings. The summed E-state index contributed by atoms with van der Waals surface area (Å²) in [6.07, 6.45) is 0.479. The van der Waals surface area contributed by atoms with Crippen LogP contribution in [-0.4, -0.2) is 30.4 Å². The van der Waals surface area contributed by atoms with Crippen molar-refractivity contribution in [3.63, 3.8) is 0 Å². The molecule has 1 N–H and O–H groups in total. The molecular weight excluding hydrogens is 256 g/mol. The third-order valence-corrected chi connectivity index (χ3v) is 4.05. The highest BCUT2D eigenvalue weighted by molar-refractivity contribution is 5.78. The summed E-state index contributed by atoms with van der Waals surface area (Å²) in [4.78, 5) is 24.8. The molecule has 3 rings (SSSR count). The van der Waals surface area contributed by atoms with Gasteiger partial charge in [-0.05, 0) is 29.7 Å². The van der Waals surface area contributed by atoms with Gasteiger partial charge in [0.25, 0.3) is 0 Å². The summed E-state index contributed by atoms with van der Waals surface area (Å²) in [6, 6.07) is 4.15. The average Bonchev–Trinajstić information content (AvgIpc) is 2.58. The first-order chi connectivity index (χ1) is 9.45. The third-order valence-electron chi connectivity index (χ3n) is 4.05. The van der Waals surface area contributed by atoms with Crippen LogP contribution in [0.3, 0.4) is 0 Å². The van der Waals surface area contributed by atoms with E-state index in [1.165, 1.54) is 6.92 Å². The van der Waals surface area contributed by atoms with Gasteiger partial charge in [-0.1, -0.05) is 6.07 Å². The number of hydrogen-bond acceptors (Lipinski definition) is 4. The molecule has 1 fully saturated rings. The van der Waals surface area contributed by atoms with Crippen LogP contribution in [0.1, 0.15) is 42.1 Å². The molecule has 106 valence electrons. The Morgan fingerprint density at radius 3 is 2.75 bits per heavy atom. The molecular formula is C15H18N2O3. The molecule has 1 saturated heterocycles. The van der Waals surface area contributed by atoms with Crippen LogP contribution in [0, 0.1) is 6.92 Å². The Labute approximate surface area is 117 Å². The van der Waals surface area contributed by atoms with Crippen LogP contribution in [0.4, 0.5) is 0 Å². The summed E-state index contributed by atoms with van der Waals surface area (Å²) in [5.74, 6) is 0.460. The van der Waals surface area contributed by atoms with E-state index in [1.807, 2.05) is 26.1 Å². The van der Waals surface area contributed by atoms with Gasteiger partial charge in [0.15, 0.2) is 0 Å². The number of nitrogens with one attached hydrogen (secondary N) is 1. The molecule has 2 heterocycles. The number of carbonyl (C=O) groups is 2. The quantitative estimate of drug-likeness (QED) is 0.622. The standard InChI is InChI=1S/C15H18N2O3/c1-8-4-10-11(5-14(8)20-9(2)18)13-7-17(3)15(19)6-12(10)16-13/h4-5,12-13,16H,6-7H2,1-3H3. The van der Waals surface area contributed by atoms with Crippen LogP contribution in [0.5, 0.6) is 5.75 Å². The maximum atomic E-state index is 11.9. The molecule has 20 heavy (non-hydrogen) atoms. The maximum absolute atomic E-state index is 11.9. The zero-order valence-electron chi connectivity index (χ0n) is 11.9. The van der Waals surface area contributed by atoms with E-state index in [9.17, 15) is 9.59 Å². The number of aryl methyl sites for hydroxylation is 1. The number of rotatable bonds is 1. The van der Waals surface area contributed by atoms with Gasteiger partial charge in [0.1, 0.15) is 5.75 Å². The van der Waals surface area contributed by atoms with Crippen LogP contribution < -0.4 is 10.1 Å². The molecule has 0 saturated carbocycles. The van der Waals surface area contributed by atoms with Crippen LogP contribution in [-0.2, 0) is 9.59 Å². The monoisotopic (exact) mass is 274 g/mol. The van der Waals surface area contributed by atoms with E-state index in [-0.39, 0.29) is 24.0 Å². The first-order valence-corrected chi connectivity index (χ1v) is 6.78. The van der Waals surface area contributed by atoms with Crippen molar-refractivity contribution in [2.45, 2.75) is 32.4 Å². The smallest absolute Gasteiger partial charge is 0.308 e. The lowest BCUT2D eigenvalue weighted by molar-refractivity contribution is -0.132. The van der Waals surface area contributed by atoms with Crippen molar-refractivity contribution < 1.29 is 14.3 Å². The summed E-state index contributed by atoms with van der Waals surface area (Å²) in [5, 5.41) is 3.48. The van der Waals surface area contributed by atoms with Gasteiger partial charge in [0.05, 0.1) is 6.04 Å². The highest BCUT2D eigenvalue weighted by Crippen LogP contribution is 2.40. The first-order valence-electron chi connectivity index (χ1n) is 6.78. The lowest BCUT2D eigenvalue weighted by Gasteiger charge is -2.21. The number of esters is 1. The highest BCUT2D eigenvalue weighted by atomic mass is 16.5. The third kappa shape index (κ3) is 2.08. The molecule has 5 nitrogen and oxygen atoms in total. The molecule has 1 amide bonds. The summed E-state index contributed by atoms with van der Waals surface area (Å²) >= 11 is 0. The van der Waals surface area contributed by atoms with Crippen molar-refractivity contribution in [2.24, 2.45) is 0 Å². The predicted octanol–water partition coefficient (Wildman–Crippen LogP) is 1.47. The largest absolute Gasteiger partial charge is 0.426 e. The summed E-state index contributed by atoms with van der Waals surface area (Å²) in [5.41, 5.74) is 3.22. The van der Waals surface area contributed by atoms with Crippen molar-refractivity contribution in [3.05, 3.63) is 28.8 Å². The van der Waals surface area contributed by atoms with Crippen LogP contribution >= 0.6 is 0 Å². The lowest BCUT2D eigenvalue weighted by Crippen LogP contribution is -2.30. The lowest BCUT2D eigenvalue weighted by atomic mass is 9.95. The fraction of sp³-hybridized carbons (Fsp3) is 0.467. The maximum Gasteiger partial charge on any atom is 0.308 e. The zero-order chi connectivity index (χ0) is 14.4.